The number of fused-ring (bicyclic) bond motifs is 1. The molecular weight excluding hydrogens is 1320 g/mol. The average Bonchev–Trinajstić information content (AvgIpc) is 1.35. The van der Waals surface area contributed by atoms with Crippen LogP contribution in [0.5, 0.6) is 0 Å². The van der Waals surface area contributed by atoms with Crippen LogP contribution in [0.2, 0.25) is 0 Å². The van der Waals surface area contributed by atoms with E-state index < -0.39 is 34.5 Å². The summed E-state index contributed by atoms with van der Waals surface area (Å²) < 4.78 is 34.3. The first-order valence-corrected chi connectivity index (χ1v) is 37.7. The summed E-state index contributed by atoms with van der Waals surface area (Å²) in [5.74, 6) is 4.85. The zero-order valence-corrected chi connectivity index (χ0v) is 61.7. The van der Waals surface area contributed by atoms with Crippen molar-refractivity contribution in [2.24, 2.45) is 86.3 Å². The molecule has 0 aromatic heterocycles. The Hall–Kier alpha value is -3.73. The fraction of sp³-hybridized carbons (Fsp3) is 0.907. The number of amides is 1. The van der Waals surface area contributed by atoms with Gasteiger partial charge >= 0.3 is 35.8 Å². The molecule has 0 aromatic carbocycles. The molecule has 11 aliphatic carbocycles. The minimum absolute atomic E-state index is 0. The second-order valence-electron chi connectivity index (χ2n) is 34.5. The molecular formula is C86H165NO15S. The van der Waals surface area contributed by atoms with Crippen molar-refractivity contribution in [3.05, 3.63) is 0 Å². The third-order valence-corrected chi connectivity index (χ3v) is 26.3. The highest BCUT2D eigenvalue weighted by molar-refractivity contribution is 8.14. The van der Waals surface area contributed by atoms with Crippen molar-refractivity contribution >= 4 is 58.6 Å². The van der Waals surface area contributed by atoms with Gasteiger partial charge in [0.2, 0.25) is 11.0 Å². The maximum absolute atomic E-state index is 12.8. The lowest BCUT2D eigenvalue weighted by atomic mass is 9.47. The maximum atomic E-state index is 12.8. The van der Waals surface area contributed by atoms with Crippen LogP contribution in [0.1, 0.15) is 366 Å². The number of rotatable bonds is 19. The highest BCUT2D eigenvalue weighted by atomic mass is 32.2. The number of carbonyl (C=O) groups is 8. The Balaban J connectivity index is -0.000000588. The van der Waals surface area contributed by atoms with Gasteiger partial charge in [-0.1, -0.05) is 155 Å². The highest BCUT2D eigenvalue weighted by Gasteiger charge is 2.62. The normalized spacial score (nSPS) is 30.7. The summed E-state index contributed by atoms with van der Waals surface area (Å²) in [6.07, 6.45) is 25.0. The van der Waals surface area contributed by atoms with Gasteiger partial charge in [0.25, 0.3) is 0 Å². The summed E-state index contributed by atoms with van der Waals surface area (Å²) >= 11 is 1.31. The summed E-state index contributed by atoms with van der Waals surface area (Å²) in [4.78, 5) is 96.2. The van der Waals surface area contributed by atoms with Crippen molar-refractivity contribution < 1.29 is 71.9 Å². The number of thioether (sulfide) groups is 1. The zero-order valence-electron chi connectivity index (χ0n) is 60.9. The number of hydrogen-bond donors (Lipinski definition) is 2. The number of hydrogen-bond acceptors (Lipinski definition) is 16. The van der Waals surface area contributed by atoms with E-state index in [-0.39, 0.29) is 173 Å². The van der Waals surface area contributed by atoms with E-state index in [4.69, 9.17) is 28.4 Å². The van der Waals surface area contributed by atoms with Crippen LogP contribution in [0.25, 0.3) is 0 Å². The Morgan fingerprint density at radius 2 is 0.981 bits per heavy atom. The van der Waals surface area contributed by atoms with Gasteiger partial charge in [0.1, 0.15) is 29.0 Å². The third-order valence-electron chi connectivity index (χ3n) is 25.3. The molecule has 0 radical (unpaired) electrons. The minimum Gasteiger partial charge on any atom is -0.459 e. The minimum atomic E-state index is -0.615. The number of carbonyl (C=O) groups excluding carboxylic acids is 8. The molecule has 2 N–H and O–H groups in total. The van der Waals surface area contributed by atoms with Gasteiger partial charge in [0.15, 0.2) is 6.61 Å². The van der Waals surface area contributed by atoms with Gasteiger partial charge in [-0.15, -0.1) is 0 Å². The predicted octanol–water partition coefficient (Wildman–Crippen LogP) is 21.7. The number of aliphatic hydroxyl groups is 1. The molecule has 14 aliphatic rings. The Morgan fingerprint density at radius 1 is 0.544 bits per heavy atom. The van der Waals surface area contributed by atoms with Crippen LogP contribution in [-0.4, -0.2) is 105 Å². The molecule has 17 heteroatoms. The standard InChI is InChI=1S/C19H32O2.C18H26O6.C16H26O3.C13H24O2.C10H17NO2S.10CH4/c1-6-18(4,5)17(20)21-19(12(2)3)15-8-13-7-14(10-15)11-16(19)9-13;1-4-18(2,3)17(21)22-9-14(19)24-15-11-5-10-6-12(8-11)16(20)23-13(15)7-10;1-4-14(2,3)13(17)19-16-8-11-5-12(9-16)7-15(18,6-11)10-16;1-5-12(3,4)11(14)15-13(6-2)9-7-8-10-13;1-4-10(2,3)9(13)11-7-5-6-14-8(7)12;;;;;;;;;;/h12-16H,6-11H2,1-5H3;10-13,15H,4-9H2,1-3H3;11-12,18H,4-10H2,1-3H3;5-10H2,1-4H3;7H,4-6H2,1-3H3,(H,11,13);10*1H4. The molecule has 8 atom stereocenters. The molecule has 610 valence electrons. The van der Waals surface area contributed by atoms with Gasteiger partial charge in [-0.25, -0.2) is 4.79 Å². The van der Waals surface area contributed by atoms with Gasteiger partial charge in [-0.05, 0) is 263 Å². The quantitative estimate of drug-likeness (QED) is 0.0906. The third kappa shape index (κ3) is 24.9. The molecule has 14 fully saturated rings. The molecule has 3 saturated heterocycles. The van der Waals surface area contributed by atoms with Crippen LogP contribution in [0.3, 0.4) is 0 Å². The lowest BCUT2D eigenvalue weighted by molar-refractivity contribution is -0.231. The second kappa shape index (κ2) is 41.7. The molecule has 1 amide bonds. The van der Waals surface area contributed by atoms with Gasteiger partial charge in [-0.2, -0.15) is 0 Å². The summed E-state index contributed by atoms with van der Waals surface area (Å²) in [7, 11) is 0. The Bertz CT molecular complexity index is 2610. The van der Waals surface area contributed by atoms with E-state index in [1.807, 2.05) is 83.1 Å². The summed E-state index contributed by atoms with van der Waals surface area (Å²) in [6.45, 7) is 35.5. The Morgan fingerprint density at radius 3 is 1.41 bits per heavy atom. The van der Waals surface area contributed by atoms with Crippen LogP contribution < -0.4 is 5.32 Å². The van der Waals surface area contributed by atoms with Crippen LogP contribution >= 0.6 is 11.8 Å². The van der Waals surface area contributed by atoms with Gasteiger partial charge in [0.05, 0.1) is 39.2 Å². The van der Waals surface area contributed by atoms with E-state index in [2.05, 4.69) is 33.0 Å². The maximum Gasteiger partial charge on any atom is 0.344 e. The number of esters is 6. The lowest BCUT2D eigenvalue weighted by Gasteiger charge is -2.62. The SMILES string of the molecule is C.C.C.C.C.C.C.C.C.C.CCC(C)(C)C(=O)NC1CCSC1=O.CCC(C)(C)C(=O)OC1(C(C)C)C2CC3CC(C2)CC1C3.CCC(C)(C)C(=O)OC12CC3CC(CC(O)(C3)C1)C2.CCC(C)(C)C(=O)OCC(=O)OC1C2CC3CC(C2)C(=O)OC1C3.CCC1(OC(=O)C(C)(C)CC)CCCC1. The van der Waals surface area contributed by atoms with Crippen LogP contribution in [-0.2, 0) is 66.8 Å². The van der Waals surface area contributed by atoms with E-state index in [0.717, 1.165) is 120 Å². The first kappa shape index (κ1) is 106. The molecule has 8 unspecified atom stereocenters. The molecule has 16 nitrogen and oxygen atoms in total. The van der Waals surface area contributed by atoms with Crippen molar-refractivity contribution in [1.82, 2.24) is 5.32 Å². The molecule has 3 heterocycles. The molecule has 0 aromatic rings. The van der Waals surface area contributed by atoms with Gasteiger partial charge in [-0.3, -0.25) is 33.6 Å². The van der Waals surface area contributed by atoms with Crippen molar-refractivity contribution in [3.63, 3.8) is 0 Å². The topological polar surface area (TPSA) is 224 Å². The first-order chi connectivity index (χ1) is 43.3. The Labute approximate surface area is 637 Å². The molecule has 12 bridgehead atoms. The number of nitrogens with one attached hydrogen (secondary N) is 1. The number of ether oxygens (including phenoxy) is 6. The van der Waals surface area contributed by atoms with Gasteiger partial charge < -0.3 is 38.8 Å². The van der Waals surface area contributed by atoms with Crippen molar-refractivity contribution in [1.29, 1.82) is 0 Å². The monoisotopic (exact) mass is 1480 g/mol. The summed E-state index contributed by atoms with van der Waals surface area (Å²) in [5, 5.41) is 13.6. The van der Waals surface area contributed by atoms with Crippen LogP contribution in [0.4, 0.5) is 0 Å². The fourth-order valence-electron chi connectivity index (χ4n) is 17.6. The average molecular weight is 1490 g/mol. The second-order valence-corrected chi connectivity index (χ2v) is 35.6. The summed E-state index contributed by atoms with van der Waals surface area (Å²) in [6, 6.07) is -0.252. The van der Waals surface area contributed by atoms with E-state index in [9.17, 15) is 43.5 Å². The van der Waals surface area contributed by atoms with E-state index in [1.165, 1.54) is 63.1 Å². The Kier molecular flexibility index (Phi) is 42.8. The van der Waals surface area contributed by atoms with Crippen LogP contribution in [0, 0.1) is 86.3 Å². The van der Waals surface area contributed by atoms with E-state index >= 15 is 0 Å². The predicted molar refractivity (Wildman–Crippen MR) is 428 cm³/mol. The van der Waals surface area contributed by atoms with Crippen molar-refractivity contribution in [2.45, 2.75) is 406 Å². The molecule has 103 heavy (non-hydrogen) atoms. The zero-order chi connectivity index (χ0) is 69.1. The van der Waals surface area contributed by atoms with E-state index in [1.54, 1.807) is 13.8 Å². The smallest absolute Gasteiger partial charge is 0.344 e. The lowest BCUT2D eigenvalue weighted by Crippen LogP contribution is -2.63. The fourth-order valence-corrected chi connectivity index (χ4v) is 18.5. The molecule has 0 spiro atoms. The first-order valence-electron chi connectivity index (χ1n) is 36.8. The highest BCUT2D eigenvalue weighted by Crippen LogP contribution is 2.63. The molecule has 11 saturated carbocycles. The van der Waals surface area contributed by atoms with E-state index in [0.29, 0.717) is 48.3 Å². The van der Waals surface area contributed by atoms with Crippen molar-refractivity contribution in [2.75, 3.05) is 12.4 Å². The largest absolute Gasteiger partial charge is 0.459 e. The van der Waals surface area contributed by atoms with Gasteiger partial charge in [0, 0.05) is 23.5 Å². The molecule has 14 rings (SSSR count). The molecule has 3 aliphatic heterocycles. The van der Waals surface area contributed by atoms with Crippen LogP contribution in [0.15, 0.2) is 0 Å². The van der Waals surface area contributed by atoms with Crippen molar-refractivity contribution in [3.8, 4) is 0 Å². The summed E-state index contributed by atoms with van der Waals surface area (Å²) in [5.41, 5.74) is -3.29.